The van der Waals surface area contributed by atoms with Gasteiger partial charge in [0.25, 0.3) is 0 Å². The molecule has 0 atom stereocenters. The number of hydrogen-bond acceptors (Lipinski definition) is 2. The van der Waals surface area contributed by atoms with Crippen LogP contribution in [0.15, 0.2) is 22.7 Å². The van der Waals surface area contributed by atoms with Gasteiger partial charge < -0.3 is 10.2 Å². The maximum Gasteiger partial charge on any atom is 0.249 e. The molecular weight excluding hydrogens is 339 g/mol. The summed E-state index contributed by atoms with van der Waals surface area (Å²) in [5.41, 5.74) is 0.0922. The third kappa shape index (κ3) is 2.69. The number of benzene rings is 1. The molecule has 1 heterocycles. The zero-order valence-electron chi connectivity index (χ0n) is 11.5. The molecule has 1 saturated carbocycles. The van der Waals surface area contributed by atoms with Crippen molar-refractivity contribution in [2.45, 2.75) is 37.8 Å². The second kappa shape index (κ2) is 5.40. The third-order valence-corrected chi connectivity index (χ3v) is 4.98. The van der Waals surface area contributed by atoms with Gasteiger partial charge in [-0.05, 0) is 30.5 Å². The lowest BCUT2D eigenvalue weighted by Gasteiger charge is -2.39. The van der Waals surface area contributed by atoms with Gasteiger partial charge in [-0.2, -0.15) is 0 Å². The minimum absolute atomic E-state index is 0.0178. The van der Waals surface area contributed by atoms with E-state index < -0.39 is 5.54 Å². The second-order valence-corrected chi connectivity index (χ2v) is 6.59. The first-order chi connectivity index (χ1) is 10.00. The Kier molecular flexibility index (Phi) is 3.73. The lowest BCUT2D eigenvalue weighted by atomic mass is 9.93. The molecule has 0 aromatic heterocycles. The standard InChI is InChI=1S/C15H16BrFN2O2/c16-12-7-11(17)4-3-10(12)8-19-9-13(20)18-15(14(19)21)5-1-2-6-15/h3-4,7H,1-2,5-6,8-9H2,(H,18,20). The Hall–Kier alpha value is -1.43. The van der Waals surface area contributed by atoms with Crippen LogP contribution in [0.5, 0.6) is 0 Å². The molecule has 1 aromatic rings. The molecule has 21 heavy (non-hydrogen) atoms. The maximum absolute atomic E-state index is 13.1. The highest BCUT2D eigenvalue weighted by Crippen LogP contribution is 2.34. The number of hydrogen-bond donors (Lipinski definition) is 1. The van der Waals surface area contributed by atoms with E-state index in [0.29, 0.717) is 23.9 Å². The van der Waals surface area contributed by atoms with Gasteiger partial charge in [-0.25, -0.2) is 4.39 Å². The van der Waals surface area contributed by atoms with Crippen molar-refractivity contribution in [3.8, 4) is 0 Å². The van der Waals surface area contributed by atoms with E-state index in [1.54, 1.807) is 11.0 Å². The van der Waals surface area contributed by atoms with E-state index >= 15 is 0 Å². The summed E-state index contributed by atoms with van der Waals surface area (Å²) >= 11 is 3.31. The van der Waals surface area contributed by atoms with Gasteiger partial charge in [0.1, 0.15) is 11.4 Å². The molecule has 2 aliphatic rings. The maximum atomic E-state index is 13.1. The average molecular weight is 355 g/mol. The number of rotatable bonds is 2. The molecule has 1 saturated heterocycles. The molecule has 0 radical (unpaired) electrons. The van der Waals surface area contributed by atoms with E-state index in [9.17, 15) is 14.0 Å². The van der Waals surface area contributed by atoms with Crippen LogP contribution in [-0.2, 0) is 16.1 Å². The van der Waals surface area contributed by atoms with Crippen molar-refractivity contribution in [3.63, 3.8) is 0 Å². The first kappa shape index (κ1) is 14.5. The van der Waals surface area contributed by atoms with Crippen LogP contribution >= 0.6 is 15.9 Å². The van der Waals surface area contributed by atoms with Crippen LogP contribution in [0.4, 0.5) is 4.39 Å². The lowest BCUT2D eigenvalue weighted by molar-refractivity contribution is -0.150. The van der Waals surface area contributed by atoms with Crippen LogP contribution in [0.25, 0.3) is 0 Å². The Bertz CT molecular complexity index is 599. The van der Waals surface area contributed by atoms with Gasteiger partial charge in [0.05, 0.1) is 6.54 Å². The molecule has 1 N–H and O–H groups in total. The van der Waals surface area contributed by atoms with Crippen molar-refractivity contribution >= 4 is 27.7 Å². The highest BCUT2D eigenvalue weighted by molar-refractivity contribution is 9.10. The quantitative estimate of drug-likeness (QED) is 0.886. The third-order valence-electron chi connectivity index (χ3n) is 4.24. The smallest absolute Gasteiger partial charge is 0.249 e. The Labute approximate surface area is 130 Å². The van der Waals surface area contributed by atoms with Crippen LogP contribution in [-0.4, -0.2) is 28.8 Å². The number of piperazine rings is 1. The van der Waals surface area contributed by atoms with Gasteiger partial charge in [-0.3, -0.25) is 9.59 Å². The molecule has 1 aliphatic heterocycles. The van der Waals surface area contributed by atoms with Gasteiger partial charge in [0.15, 0.2) is 0 Å². The van der Waals surface area contributed by atoms with Crippen LogP contribution < -0.4 is 5.32 Å². The SMILES string of the molecule is O=C1CN(Cc2ccc(F)cc2Br)C(=O)C2(CCCC2)N1. The van der Waals surface area contributed by atoms with Crippen molar-refractivity contribution in [3.05, 3.63) is 34.1 Å². The van der Waals surface area contributed by atoms with E-state index in [1.165, 1.54) is 12.1 Å². The van der Waals surface area contributed by atoms with Crippen molar-refractivity contribution < 1.29 is 14.0 Å². The van der Waals surface area contributed by atoms with E-state index in [4.69, 9.17) is 0 Å². The van der Waals surface area contributed by atoms with E-state index in [2.05, 4.69) is 21.2 Å². The molecule has 4 nitrogen and oxygen atoms in total. The van der Waals surface area contributed by atoms with Gasteiger partial charge in [0, 0.05) is 11.0 Å². The zero-order valence-corrected chi connectivity index (χ0v) is 13.1. The van der Waals surface area contributed by atoms with Crippen LogP contribution in [0.2, 0.25) is 0 Å². The molecule has 1 aliphatic carbocycles. The van der Waals surface area contributed by atoms with Crippen LogP contribution in [0, 0.1) is 5.82 Å². The summed E-state index contributed by atoms with van der Waals surface area (Å²) in [5, 5.41) is 2.88. The first-order valence-electron chi connectivity index (χ1n) is 7.04. The van der Waals surface area contributed by atoms with Crippen LogP contribution in [0.1, 0.15) is 31.2 Å². The van der Waals surface area contributed by atoms with E-state index in [1.807, 2.05) is 0 Å². The number of halogens is 2. The molecule has 112 valence electrons. The Morgan fingerprint density at radius 3 is 2.67 bits per heavy atom. The van der Waals surface area contributed by atoms with Crippen LogP contribution in [0.3, 0.4) is 0 Å². The number of carbonyl (C=O) groups is 2. The van der Waals surface area contributed by atoms with Crippen molar-refractivity contribution in [2.75, 3.05) is 6.54 Å². The Balaban J connectivity index is 1.84. The van der Waals surface area contributed by atoms with Crippen molar-refractivity contribution in [1.82, 2.24) is 10.2 Å². The predicted molar refractivity (Wildman–Crippen MR) is 78.9 cm³/mol. The summed E-state index contributed by atoms with van der Waals surface area (Å²) < 4.78 is 13.7. The van der Waals surface area contributed by atoms with E-state index in [-0.39, 0.29) is 24.2 Å². The Morgan fingerprint density at radius 2 is 2.00 bits per heavy atom. The number of carbonyl (C=O) groups excluding carboxylic acids is 2. The fourth-order valence-corrected chi connectivity index (χ4v) is 3.68. The highest BCUT2D eigenvalue weighted by Gasteiger charge is 2.48. The first-order valence-corrected chi connectivity index (χ1v) is 7.84. The van der Waals surface area contributed by atoms with Crippen molar-refractivity contribution in [2.24, 2.45) is 0 Å². The highest BCUT2D eigenvalue weighted by atomic mass is 79.9. The Morgan fingerprint density at radius 1 is 1.29 bits per heavy atom. The lowest BCUT2D eigenvalue weighted by Crippen LogP contribution is -2.65. The number of amides is 2. The number of nitrogens with zero attached hydrogens (tertiary/aromatic N) is 1. The fraction of sp³-hybridized carbons (Fsp3) is 0.467. The topological polar surface area (TPSA) is 49.4 Å². The number of nitrogens with one attached hydrogen (secondary N) is 1. The van der Waals surface area contributed by atoms with Gasteiger partial charge in [0.2, 0.25) is 11.8 Å². The normalized spacial score (nSPS) is 21.0. The average Bonchev–Trinajstić information content (AvgIpc) is 2.88. The summed E-state index contributed by atoms with van der Waals surface area (Å²) in [5.74, 6) is -0.467. The molecule has 2 fully saturated rings. The van der Waals surface area contributed by atoms with Gasteiger partial charge in [-0.15, -0.1) is 0 Å². The molecule has 1 aromatic carbocycles. The predicted octanol–water partition coefficient (Wildman–Crippen LogP) is 2.36. The summed E-state index contributed by atoms with van der Waals surface area (Å²) in [6, 6.07) is 4.37. The molecule has 6 heteroatoms. The minimum Gasteiger partial charge on any atom is -0.340 e. The summed E-state index contributed by atoms with van der Waals surface area (Å²) in [6.07, 6.45) is 3.33. The largest absolute Gasteiger partial charge is 0.340 e. The zero-order chi connectivity index (χ0) is 15.0. The molecule has 3 rings (SSSR count). The summed E-state index contributed by atoms with van der Waals surface area (Å²) in [6.45, 7) is 0.374. The summed E-state index contributed by atoms with van der Waals surface area (Å²) in [7, 11) is 0. The van der Waals surface area contributed by atoms with Crippen molar-refractivity contribution in [1.29, 1.82) is 0 Å². The molecular formula is C15H16BrFN2O2. The van der Waals surface area contributed by atoms with Gasteiger partial charge >= 0.3 is 0 Å². The molecule has 0 unspecified atom stereocenters. The summed E-state index contributed by atoms with van der Waals surface area (Å²) in [4.78, 5) is 26.2. The fourth-order valence-electron chi connectivity index (χ4n) is 3.21. The van der Waals surface area contributed by atoms with Gasteiger partial charge in [-0.1, -0.05) is 34.8 Å². The minimum atomic E-state index is -0.707. The molecule has 2 amide bonds. The molecule has 0 bridgehead atoms. The molecule has 1 spiro atoms. The second-order valence-electron chi connectivity index (χ2n) is 5.73. The van der Waals surface area contributed by atoms with E-state index in [0.717, 1.165) is 18.4 Å². The monoisotopic (exact) mass is 354 g/mol.